The Hall–Kier alpha value is -0.702. The second-order valence-corrected chi connectivity index (χ2v) is 5.90. The van der Waals surface area contributed by atoms with Crippen molar-refractivity contribution in [3.63, 3.8) is 0 Å². The van der Waals surface area contributed by atoms with Crippen LogP contribution in [0.3, 0.4) is 0 Å². The van der Waals surface area contributed by atoms with Crippen molar-refractivity contribution in [1.29, 1.82) is 0 Å². The van der Waals surface area contributed by atoms with Gasteiger partial charge >= 0.3 is 72.6 Å². The maximum atomic E-state index is 10.8. The van der Waals surface area contributed by atoms with E-state index in [4.69, 9.17) is 13.9 Å². The van der Waals surface area contributed by atoms with Crippen molar-refractivity contribution < 1.29 is 11.9 Å². The van der Waals surface area contributed by atoms with Gasteiger partial charge in [0.1, 0.15) is 0 Å². The van der Waals surface area contributed by atoms with E-state index >= 15 is 0 Å². The first-order valence-corrected chi connectivity index (χ1v) is 6.72. The Balaban J connectivity index is 3.28. The van der Waals surface area contributed by atoms with Crippen molar-refractivity contribution in [3.8, 4) is 0 Å². The molecule has 1 aromatic carbocycles. The fourth-order valence-corrected chi connectivity index (χ4v) is 2.34. The predicted octanol–water partition coefficient (Wildman–Crippen LogP) is -0.862. The number of aryl methyl sites for hydroxylation is 1. The van der Waals surface area contributed by atoms with Crippen LogP contribution in [0.4, 0.5) is 5.69 Å². The molecule has 0 atom stereocenters. The van der Waals surface area contributed by atoms with Gasteiger partial charge in [0, 0.05) is 0 Å². The molecule has 0 aliphatic rings. The van der Waals surface area contributed by atoms with E-state index in [9.17, 15) is 3.74 Å². The van der Waals surface area contributed by atoms with E-state index < -0.39 is 14.2 Å². The van der Waals surface area contributed by atoms with Gasteiger partial charge in [-0.2, -0.15) is 0 Å². The van der Waals surface area contributed by atoms with Gasteiger partial charge in [-0.15, -0.1) is 0 Å². The van der Waals surface area contributed by atoms with Gasteiger partial charge in [-0.05, 0) is 0 Å². The van der Waals surface area contributed by atoms with E-state index in [1.54, 1.807) is 12.1 Å². The summed E-state index contributed by atoms with van der Waals surface area (Å²) in [6.07, 6.45) is 0. The molecule has 0 amide bonds. The average molecular weight is 231 g/mol. The molecule has 0 aliphatic heterocycles. The van der Waals surface area contributed by atoms with E-state index in [2.05, 4.69) is 0 Å². The Bertz CT molecular complexity index is 345. The summed E-state index contributed by atoms with van der Waals surface area (Å²) in [5.74, 6) is 0. The Labute approximate surface area is 73.0 Å². The Morgan fingerprint density at radius 1 is 1.42 bits per heavy atom. The van der Waals surface area contributed by atoms with E-state index in [-0.39, 0.29) is 10.0 Å². The molecule has 66 valence electrons. The number of benzene rings is 1. The summed E-state index contributed by atoms with van der Waals surface area (Å²) in [6.45, 7) is 1.81. The zero-order chi connectivity index (χ0) is 9.35. The number of hydrogen-bond donors (Lipinski definition) is 3. The van der Waals surface area contributed by atoms with Gasteiger partial charge in [-0.3, -0.25) is 0 Å². The van der Waals surface area contributed by atoms with Crippen molar-refractivity contribution in [2.45, 2.75) is 6.92 Å². The van der Waals surface area contributed by atoms with Gasteiger partial charge in [0.05, 0.1) is 0 Å². The van der Waals surface area contributed by atoms with Crippen LogP contribution in [0.2, 0.25) is 0 Å². The summed E-state index contributed by atoms with van der Waals surface area (Å²) in [7, 11) is 0. The molecule has 0 fully saturated rings. The molecular formula is C7H10AsNO3. The molecule has 1 aromatic rings. The molecular weight excluding hydrogens is 221 g/mol. The third-order valence-corrected chi connectivity index (χ3v) is 3.67. The number of hydrogen-bond acceptors (Lipinski definition) is 2. The van der Waals surface area contributed by atoms with E-state index in [0.717, 1.165) is 5.56 Å². The van der Waals surface area contributed by atoms with Crippen molar-refractivity contribution in [2.75, 3.05) is 5.73 Å². The summed E-state index contributed by atoms with van der Waals surface area (Å²) >= 11 is -4.80. The third-order valence-electron chi connectivity index (χ3n) is 1.50. The van der Waals surface area contributed by atoms with Crippen LogP contribution >= 0.6 is 0 Å². The Morgan fingerprint density at radius 3 is 2.42 bits per heavy atom. The van der Waals surface area contributed by atoms with Crippen LogP contribution in [-0.2, 0) is 3.74 Å². The third kappa shape index (κ3) is 1.91. The monoisotopic (exact) mass is 231 g/mol. The normalized spacial score (nSPS) is 11.6. The molecule has 0 saturated heterocycles. The summed E-state index contributed by atoms with van der Waals surface area (Å²) in [5, 5.41) is 0. The van der Waals surface area contributed by atoms with Crippen LogP contribution in [-0.4, -0.2) is 22.4 Å². The van der Waals surface area contributed by atoms with E-state index in [1.807, 2.05) is 6.92 Å². The van der Waals surface area contributed by atoms with E-state index in [0.29, 0.717) is 0 Å². The molecule has 12 heavy (non-hydrogen) atoms. The van der Waals surface area contributed by atoms with Gasteiger partial charge in [-0.25, -0.2) is 0 Å². The standard InChI is InChI=1S/C7H10AsNO3/c1-5-2-3-6(7(9)4-5)8(10,11)12/h2-4H,9H2,1H3,(H2,10,11,12). The van der Waals surface area contributed by atoms with Crippen LogP contribution in [0.1, 0.15) is 5.56 Å². The fourth-order valence-electron chi connectivity index (χ4n) is 0.939. The summed E-state index contributed by atoms with van der Waals surface area (Å²) < 4.78 is 28.5. The minimum absolute atomic E-state index is 0.0428. The first-order chi connectivity index (χ1) is 5.41. The molecule has 4 nitrogen and oxygen atoms in total. The molecule has 0 heterocycles. The molecule has 5 heteroatoms. The van der Waals surface area contributed by atoms with E-state index in [1.165, 1.54) is 6.07 Å². The summed E-state index contributed by atoms with van der Waals surface area (Å²) in [4.78, 5) is 0. The van der Waals surface area contributed by atoms with Crippen LogP contribution in [0.25, 0.3) is 0 Å². The van der Waals surface area contributed by atoms with Crippen molar-refractivity contribution in [3.05, 3.63) is 23.8 Å². The molecule has 0 aliphatic carbocycles. The van der Waals surface area contributed by atoms with Crippen LogP contribution in [0, 0.1) is 6.92 Å². The van der Waals surface area contributed by atoms with Crippen LogP contribution in [0.15, 0.2) is 18.2 Å². The number of nitrogens with two attached hydrogens (primary N) is 1. The molecule has 0 spiro atoms. The predicted molar refractivity (Wildman–Crippen MR) is 46.1 cm³/mol. The second kappa shape index (κ2) is 2.98. The minimum atomic E-state index is -4.80. The number of anilines is 1. The molecule has 4 N–H and O–H groups in total. The van der Waals surface area contributed by atoms with Crippen LogP contribution < -0.4 is 10.1 Å². The van der Waals surface area contributed by atoms with Crippen LogP contribution in [0.5, 0.6) is 0 Å². The van der Waals surface area contributed by atoms with Gasteiger partial charge < -0.3 is 0 Å². The topological polar surface area (TPSA) is 83.5 Å². The summed E-state index contributed by atoms with van der Waals surface area (Å²) in [6, 6.07) is 4.56. The molecule has 1 rings (SSSR count). The molecule has 0 bridgehead atoms. The second-order valence-electron chi connectivity index (χ2n) is 2.61. The SMILES string of the molecule is Cc1ccc([As](=O)(O)O)c(N)c1. The number of rotatable bonds is 1. The Kier molecular flexibility index (Phi) is 2.33. The zero-order valence-electron chi connectivity index (χ0n) is 6.56. The van der Waals surface area contributed by atoms with Crippen molar-refractivity contribution >= 4 is 24.2 Å². The van der Waals surface area contributed by atoms with Gasteiger partial charge in [0.25, 0.3) is 0 Å². The molecule has 0 unspecified atom stereocenters. The Morgan fingerprint density at radius 2 is 2.00 bits per heavy atom. The zero-order valence-corrected chi connectivity index (χ0v) is 8.44. The average Bonchev–Trinajstić information content (AvgIpc) is 1.83. The van der Waals surface area contributed by atoms with Gasteiger partial charge in [0.15, 0.2) is 0 Å². The maximum absolute atomic E-state index is 10.8. The summed E-state index contributed by atoms with van der Waals surface area (Å²) in [5.41, 5.74) is 6.49. The first kappa shape index (κ1) is 9.39. The quantitative estimate of drug-likeness (QED) is 0.433. The van der Waals surface area contributed by atoms with Crippen molar-refractivity contribution in [2.24, 2.45) is 0 Å². The first-order valence-electron chi connectivity index (χ1n) is 3.33. The molecule has 0 aromatic heterocycles. The molecule has 0 saturated carbocycles. The van der Waals surface area contributed by atoms with Gasteiger partial charge in [0.2, 0.25) is 0 Å². The fraction of sp³-hybridized carbons (Fsp3) is 0.143. The van der Waals surface area contributed by atoms with Gasteiger partial charge in [-0.1, -0.05) is 0 Å². The molecule has 0 radical (unpaired) electrons. The van der Waals surface area contributed by atoms with Crippen molar-refractivity contribution in [1.82, 2.24) is 0 Å². The number of nitrogen functional groups attached to an aromatic ring is 1.